The van der Waals surface area contributed by atoms with Gasteiger partial charge in [0.2, 0.25) is 0 Å². The van der Waals surface area contributed by atoms with Gasteiger partial charge in [-0.1, -0.05) is 24.3 Å². The number of benzene rings is 2. The zero-order valence-corrected chi connectivity index (χ0v) is 12.3. The Morgan fingerprint density at radius 3 is 2.43 bits per heavy atom. The third kappa shape index (κ3) is 4.20. The Balaban J connectivity index is 2.03. The minimum Gasteiger partial charge on any atom is -0.494 e. The number of hydrogen-bond acceptors (Lipinski definition) is 3. The number of rotatable bonds is 7. The van der Waals surface area contributed by atoms with Crippen LogP contribution in [-0.2, 0) is 0 Å². The van der Waals surface area contributed by atoms with Crippen LogP contribution in [0.15, 0.2) is 48.5 Å². The van der Waals surface area contributed by atoms with Gasteiger partial charge in [0.05, 0.1) is 12.6 Å². The third-order valence-electron chi connectivity index (χ3n) is 3.16. The van der Waals surface area contributed by atoms with Crippen molar-refractivity contribution in [1.82, 2.24) is 5.32 Å². The van der Waals surface area contributed by atoms with Crippen LogP contribution in [0.3, 0.4) is 0 Å². The van der Waals surface area contributed by atoms with Crippen LogP contribution in [0.4, 0.5) is 4.39 Å². The van der Waals surface area contributed by atoms with E-state index < -0.39 is 0 Å². The van der Waals surface area contributed by atoms with E-state index in [4.69, 9.17) is 9.47 Å². The van der Waals surface area contributed by atoms with Gasteiger partial charge in [0.15, 0.2) is 0 Å². The second-order valence-electron chi connectivity index (χ2n) is 4.58. The Hall–Kier alpha value is -2.07. The third-order valence-corrected chi connectivity index (χ3v) is 3.16. The van der Waals surface area contributed by atoms with E-state index >= 15 is 0 Å². The first-order chi connectivity index (χ1) is 10.2. The molecule has 4 heteroatoms. The highest BCUT2D eigenvalue weighted by molar-refractivity contribution is 5.33. The SMILES string of the molecule is CCOc1cccc(OCC(NC)c2ccccc2F)c1. The van der Waals surface area contributed by atoms with Crippen molar-refractivity contribution in [1.29, 1.82) is 0 Å². The molecule has 112 valence electrons. The van der Waals surface area contributed by atoms with E-state index in [1.165, 1.54) is 6.07 Å². The predicted octanol–water partition coefficient (Wildman–Crippen LogP) is 3.56. The van der Waals surface area contributed by atoms with Crippen molar-refractivity contribution in [2.45, 2.75) is 13.0 Å². The lowest BCUT2D eigenvalue weighted by Gasteiger charge is -2.18. The van der Waals surface area contributed by atoms with Gasteiger partial charge in [0, 0.05) is 11.6 Å². The van der Waals surface area contributed by atoms with Crippen molar-refractivity contribution in [2.75, 3.05) is 20.3 Å². The monoisotopic (exact) mass is 289 g/mol. The molecule has 0 radical (unpaired) electrons. The molecule has 0 saturated heterocycles. The van der Waals surface area contributed by atoms with E-state index in [1.807, 2.05) is 37.3 Å². The maximum atomic E-state index is 13.8. The van der Waals surface area contributed by atoms with Crippen LogP contribution < -0.4 is 14.8 Å². The fourth-order valence-corrected chi connectivity index (χ4v) is 2.09. The summed E-state index contributed by atoms with van der Waals surface area (Å²) >= 11 is 0. The number of nitrogens with one attached hydrogen (secondary N) is 1. The lowest BCUT2D eigenvalue weighted by molar-refractivity contribution is 0.267. The molecule has 0 bridgehead atoms. The van der Waals surface area contributed by atoms with Crippen molar-refractivity contribution < 1.29 is 13.9 Å². The van der Waals surface area contributed by atoms with Crippen molar-refractivity contribution in [3.05, 3.63) is 59.9 Å². The van der Waals surface area contributed by atoms with Gasteiger partial charge >= 0.3 is 0 Å². The van der Waals surface area contributed by atoms with Gasteiger partial charge in [-0.2, -0.15) is 0 Å². The summed E-state index contributed by atoms with van der Waals surface area (Å²) in [6.45, 7) is 2.88. The smallest absolute Gasteiger partial charge is 0.128 e. The Bertz CT molecular complexity index is 574. The van der Waals surface area contributed by atoms with Gasteiger partial charge in [-0.05, 0) is 32.2 Å². The summed E-state index contributed by atoms with van der Waals surface area (Å²) in [7, 11) is 1.79. The highest BCUT2D eigenvalue weighted by Crippen LogP contribution is 2.22. The van der Waals surface area contributed by atoms with E-state index in [-0.39, 0.29) is 11.9 Å². The molecule has 0 spiro atoms. The number of halogens is 1. The van der Waals surface area contributed by atoms with Gasteiger partial charge in [-0.25, -0.2) is 4.39 Å². The van der Waals surface area contributed by atoms with Gasteiger partial charge in [0.25, 0.3) is 0 Å². The average molecular weight is 289 g/mol. The second-order valence-corrected chi connectivity index (χ2v) is 4.58. The van der Waals surface area contributed by atoms with Crippen LogP contribution in [0.2, 0.25) is 0 Å². The van der Waals surface area contributed by atoms with Gasteiger partial charge in [-0.3, -0.25) is 0 Å². The summed E-state index contributed by atoms with van der Waals surface area (Å²) in [5, 5.41) is 3.07. The van der Waals surface area contributed by atoms with Crippen molar-refractivity contribution in [2.24, 2.45) is 0 Å². The van der Waals surface area contributed by atoms with Gasteiger partial charge < -0.3 is 14.8 Å². The van der Waals surface area contributed by atoms with Crippen molar-refractivity contribution >= 4 is 0 Å². The highest BCUT2D eigenvalue weighted by Gasteiger charge is 2.14. The predicted molar refractivity (Wildman–Crippen MR) is 81.3 cm³/mol. The lowest BCUT2D eigenvalue weighted by atomic mass is 10.1. The molecule has 2 aromatic carbocycles. The minimum absolute atomic E-state index is 0.207. The van der Waals surface area contributed by atoms with Gasteiger partial charge in [-0.15, -0.1) is 0 Å². The molecule has 0 aromatic heterocycles. The van der Waals surface area contributed by atoms with Crippen LogP contribution in [0.1, 0.15) is 18.5 Å². The summed E-state index contributed by atoms with van der Waals surface area (Å²) < 4.78 is 25.0. The normalized spacial score (nSPS) is 12.0. The molecular formula is C17H20FNO2. The molecular weight excluding hydrogens is 269 g/mol. The summed E-state index contributed by atoms with van der Waals surface area (Å²) in [5.74, 6) is 1.24. The molecule has 1 N–H and O–H groups in total. The molecule has 0 aliphatic rings. The molecule has 0 aliphatic heterocycles. The van der Waals surface area contributed by atoms with Crippen molar-refractivity contribution in [3.63, 3.8) is 0 Å². The topological polar surface area (TPSA) is 30.5 Å². The first kappa shape index (κ1) is 15.3. The minimum atomic E-state index is -0.233. The molecule has 0 aliphatic carbocycles. The van der Waals surface area contributed by atoms with Crippen LogP contribution in [0, 0.1) is 5.82 Å². The van der Waals surface area contributed by atoms with Crippen LogP contribution >= 0.6 is 0 Å². The molecule has 0 amide bonds. The highest BCUT2D eigenvalue weighted by atomic mass is 19.1. The zero-order chi connectivity index (χ0) is 15.1. The number of ether oxygens (including phenoxy) is 2. The van der Waals surface area contributed by atoms with E-state index in [9.17, 15) is 4.39 Å². The summed E-state index contributed by atoms with van der Waals surface area (Å²) in [5.41, 5.74) is 0.598. The molecule has 3 nitrogen and oxygen atoms in total. The fourth-order valence-electron chi connectivity index (χ4n) is 2.09. The lowest BCUT2D eigenvalue weighted by Crippen LogP contribution is -2.24. The van der Waals surface area contributed by atoms with Gasteiger partial charge in [0.1, 0.15) is 23.9 Å². The second kappa shape index (κ2) is 7.64. The molecule has 0 saturated carbocycles. The Labute approximate surface area is 124 Å². The summed E-state index contributed by atoms with van der Waals surface area (Å²) in [6, 6.07) is 13.9. The Morgan fingerprint density at radius 2 is 1.76 bits per heavy atom. The van der Waals surface area contributed by atoms with Crippen molar-refractivity contribution in [3.8, 4) is 11.5 Å². The maximum Gasteiger partial charge on any atom is 0.128 e. The molecule has 1 unspecified atom stereocenters. The van der Waals surface area contributed by atoms with Crippen LogP contribution in [-0.4, -0.2) is 20.3 Å². The standard InChI is InChI=1S/C17H20FNO2/c1-3-20-13-7-6-8-14(11-13)21-12-17(19-2)15-9-4-5-10-16(15)18/h4-11,17,19H,3,12H2,1-2H3. The van der Waals surface area contributed by atoms with Crippen LogP contribution in [0.5, 0.6) is 11.5 Å². The zero-order valence-electron chi connectivity index (χ0n) is 12.3. The molecule has 0 heterocycles. The molecule has 21 heavy (non-hydrogen) atoms. The first-order valence-electron chi connectivity index (χ1n) is 7.02. The number of likely N-dealkylation sites (N-methyl/N-ethyl adjacent to an activating group) is 1. The quantitative estimate of drug-likeness (QED) is 0.845. The molecule has 0 fully saturated rings. The van der Waals surface area contributed by atoms with E-state index in [0.717, 1.165) is 5.75 Å². The molecule has 1 atom stereocenters. The molecule has 2 aromatic rings. The number of hydrogen-bond donors (Lipinski definition) is 1. The summed E-state index contributed by atoms with van der Waals surface area (Å²) in [4.78, 5) is 0. The maximum absolute atomic E-state index is 13.8. The Kier molecular flexibility index (Phi) is 5.58. The average Bonchev–Trinajstić information content (AvgIpc) is 2.50. The largest absolute Gasteiger partial charge is 0.494 e. The molecule has 2 rings (SSSR count). The fraction of sp³-hybridized carbons (Fsp3) is 0.294. The van der Waals surface area contributed by atoms with Crippen LogP contribution in [0.25, 0.3) is 0 Å². The van der Waals surface area contributed by atoms with E-state index in [1.54, 1.807) is 19.2 Å². The Morgan fingerprint density at radius 1 is 1.05 bits per heavy atom. The summed E-state index contributed by atoms with van der Waals surface area (Å²) in [6.07, 6.45) is 0. The van der Waals surface area contributed by atoms with E-state index in [0.29, 0.717) is 24.5 Å². The van der Waals surface area contributed by atoms with E-state index in [2.05, 4.69) is 5.32 Å². The first-order valence-corrected chi connectivity index (χ1v) is 7.02.